The molecule has 0 spiro atoms. The Morgan fingerprint density at radius 2 is 2.12 bits per heavy atom. The average Bonchev–Trinajstić information content (AvgIpc) is 2.78. The van der Waals surface area contributed by atoms with E-state index in [1.54, 1.807) is 11.8 Å². The molecule has 0 bridgehead atoms. The van der Waals surface area contributed by atoms with Gasteiger partial charge >= 0.3 is 0 Å². The van der Waals surface area contributed by atoms with Crippen molar-refractivity contribution in [1.82, 2.24) is 5.32 Å². The van der Waals surface area contributed by atoms with Gasteiger partial charge in [0.2, 0.25) is 5.91 Å². The Morgan fingerprint density at radius 1 is 1.47 bits per heavy atom. The molecule has 0 aromatic carbocycles. The molecule has 1 fully saturated rings. The van der Waals surface area contributed by atoms with Gasteiger partial charge in [0.1, 0.15) is 0 Å². The van der Waals surface area contributed by atoms with E-state index in [2.05, 4.69) is 12.2 Å². The van der Waals surface area contributed by atoms with Crippen molar-refractivity contribution in [2.24, 2.45) is 5.73 Å². The summed E-state index contributed by atoms with van der Waals surface area (Å²) in [6, 6.07) is 0. The lowest BCUT2D eigenvalue weighted by Crippen LogP contribution is -2.53. The minimum Gasteiger partial charge on any atom is -0.348 e. The van der Waals surface area contributed by atoms with Gasteiger partial charge < -0.3 is 11.1 Å². The minimum atomic E-state index is -0.101. The first-order valence-corrected chi connectivity index (χ1v) is 7.82. The lowest BCUT2D eigenvalue weighted by Gasteiger charge is -2.30. The maximum Gasteiger partial charge on any atom is 0.233 e. The third kappa shape index (κ3) is 4.51. The van der Waals surface area contributed by atoms with Crippen LogP contribution in [-0.4, -0.2) is 29.0 Å². The number of hydrogen-bond donors (Lipinski definition) is 2. The van der Waals surface area contributed by atoms with Gasteiger partial charge in [0.15, 0.2) is 0 Å². The van der Waals surface area contributed by atoms with E-state index in [1.165, 1.54) is 25.7 Å². The normalized spacial score (nSPS) is 20.2. The van der Waals surface area contributed by atoms with Crippen LogP contribution in [0.1, 0.15) is 52.4 Å². The number of hydrogen-bond acceptors (Lipinski definition) is 3. The molecule has 0 aromatic heterocycles. The van der Waals surface area contributed by atoms with Crippen molar-refractivity contribution in [3.8, 4) is 0 Å². The molecule has 1 rings (SSSR count). The van der Waals surface area contributed by atoms with E-state index in [-0.39, 0.29) is 16.7 Å². The molecule has 3 N–H and O–H groups in total. The van der Waals surface area contributed by atoms with Crippen LogP contribution in [0.2, 0.25) is 0 Å². The maximum atomic E-state index is 12.1. The molecule has 1 atom stereocenters. The van der Waals surface area contributed by atoms with Crippen molar-refractivity contribution in [2.45, 2.75) is 63.2 Å². The standard InChI is InChI=1S/C13H26N2OS/c1-3-4-9-17-11(2)12(16)15-13(10-14)7-5-6-8-13/h11H,3-10,14H2,1-2H3,(H,15,16). The van der Waals surface area contributed by atoms with Crippen molar-refractivity contribution in [1.29, 1.82) is 0 Å². The third-order valence-electron chi connectivity index (χ3n) is 3.57. The molecule has 1 aliphatic rings. The largest absolute Gasteiger partial charge is 0.348 e. The topological polar surface area (TPSA) is 55.1 Å². The second-order valence-electron chi connectivity index (χ2n) is 5.05. The van der Waals surface area contributed by atoms with Crippen LogP contribution in [0, 0.1) is 0 Å². The SMILES string of the molecule is CCCCSC(C)C(=O)NC1(CN)CCCC1. The average molecular weight is 258 g/mol. The molecular formula is C13H26N2OS. The summed E-state index contributed by atoms with van der Waals surface area (Å²) in [7, 11) is 0. The fourth-order valence-corrected chi connectivity index (χ4v) is 3.29. The predicted octanol–water partition coefficient (Wildman–Crippen LogP) is 2.30. The summed E-state index contributed by atoms with van der Waals surface area (Å²) in [5.74, 6) is 1.24. The first-order chi connectivity index (χ1) is 8.13. The molecule has 17 heavy (non-hydrogen) atoms. The van der Waals surface area contributed by atoms with Crippen LogP contribution in [0.3, 0.4) is 0 Å². The summed E-state index contributed by atoms with van der Waals surface area (Å²) in [5.41, 5.74) is 5.72. The molecule has 0 saturated heterocycles. The number of nitrogens with two attached hydrogens (primary N) is 1. The summed E-state index contributed by atoms with van der Waals surface area (Å²) in [6.45, 7) is 4.74. The lowest BCUT2D eigenvalue weighted by molar-refractivity contribution is -0.122. The molecule has 0 aliphatic heterocycles. The fourth-order valence-electron chi connectivity index (χ4n) is 2.28. The fraction of sp³-hybridized carbons (Fsp3) is 0.923. The highest BCUT2D eigenvalue weighted by Crippen LogP contribution is 2.29. The van der Waals surface area contributed by atoms with Crippen LogP contribution in [0.15, 0.2) is 0 Å². The van der Waals surface area contributed by atoms with Crippen LogP contribution in [0.25, 0.3) is 0 Å². The molecule has 0 heterocycles. The highest BCUT2D eigenvalue weighted by atomic mass is 32.2. The van der Waals surface area contributed by atoms with E-state index in [4.69, 9.17) is 5.73 Å². The van der Waals surface area contributed by atoms with E-state index >= 15 is 0 Å². The molecule has 4 heteroatoms. The zero-order chi connectivity index (χ0) is 12.7. The Balaban J connectivity index is 2.36. The molecule has 1 aliphatic carbocycles. The van der Waals surface area contributed by atoms with E-state index in [1.807, 2.05) is 6.92 Å². The van der Waals surface area contributed by atoms with Gasteiger partial charge in [-0.3, -0.25) is 4.79 Å². The molecule has 1 amide bonds. The first-order valence-electron chi connectivity index (χ1n) is 6.77. The Kier molecular flexibility index (Phi) is 6.34. The Hall–Kier alpha value is -0.220. The quantitative estimate of drug-likeness (QED) is 0.689. The number of carbonyl (C=O) groups is 1. The van der Waals surface area contributed by atoms with Gasteiger partial charge in [0.05, 0.1) is 10.8 Å². The molecular weight excluding hydrogens is 232 g/mol. The minimum absolute atomic E-state index is 0.0468. The zero-order valence-electron chi connectivity index (χ0n) is 11.1. The van der Waals surface area contributed by atoms with Gasteiger partial charge in [0.25, 0.3) is 0 Å². The second kappa shape index (κ2) is 7.27. The summed E-state index contributed by atoms with van der Waals surface area (Å²) >= 11 is 1.75. The van der Waals surface area contributed by atoms with Gasteiger partial charge in [-0.25, -0.2) is 0 Å². The third-order valence-corrected chi connectivity index (χ3v) is 4.81. The first kappa shape index (κ1) is 14.8. The molecule has 3 nitrogen and oxygen atoms in total. The van der Waals surface area contributed by atoms with Crippen LogP contribution in [-0.2, 0) is 4.79 Å². The number of thioether (sulfide) groups is 1. The van der Waals surface area contributed by atoms with E-state index < -0.39 is 0 Å². The van der Waals surface area contributed by atoms with Crippen molar-refractivity contribution >= 4 is 17.7 Å². The van der Waals surface area contributed by atoms with Gasteiger partial charge in [-0.2, -0.15) is 0 Å². The number of unbranched alkanes of at least 4 members (excludes halogenated alkanes) is 1. The highest BCUT2D eigenvalue weighted by molar-refractivity contribution is 8.00. The molecule has 0 radical (unpaired) electrons. The Labute approximate surface area is 109 Å². The monoisotopic (exact) mass is 258 g/mol. The van der Waals surface area contributed by atoms with Crippen molar-refractivity contribution < 1.29 is 4.79 Å². The molecule has 1 saturated carbocycles. The predicted molar refractivity (Wildman–Crippen MR) is 75.2 cm³/mol. The lowest BCUT2D eigenvalue weighted by atomic mass is 9.98. The van der Waals surface area contributed by atoms with Crippen LogP contribution in [0.4, 0.5) is 0 Å². The summed E-state index contributed by atoms with van der Waals surface area (Å²) in [5, 5.41) is 3.23. The zero-order valence-corrected chi connectivity index (χ0v) is 11.9. The van der Waals surface area contributed by atoms with E-state index in [0.717, 1.165) is 18.6 Å². The Bertz CT molecular complexity index is 240. The Morgan fingerprint density at radius 3 is 2.65 bits per heavy atom. The van der Waals surface area contributed by atoms with Crippen molar-refractivity contribution in [3.05, 3.63) is 0 Å². The number of rotatable bonds is 7. The van der Waals surface area contributed by atoms with Gasteiger partial charge in [-0.15, -0.1) is 11.8 Å². The van der Waals surface area contributed by atoms with Gasteiger partial charge in [0, 0.05) is 6.54 Å². The maximum absolute atomic E-state index is 12.1. The van der Waals surface area contributed by atoms with Crippen molar-refractivity contribution in [2.75, 3.05) is 12.3 Å². The number of carbonyl (C=O) groups excluding carboxylic acids is 1. The second-order valence-corrected chi connectivity index (χ2v) is 6.50. The number of nitrogens with one attached hydrogen (secondary N) is 1. The van der Waals surface area contributed by atoms with Crippen molar-refractivity contribution in [3.63, 3.8) is 0 Å². The molecule has 100 valence electrons. The van der Waals surface area contributed by atoms with E-state index in [0.29, 0.717) is 6.54 Å². The van der Waals surface area contributed by atoms with Gasteiger partial charge in [-0.05, 0) is 31.9 Å². The van der Waals surface area contributed by atoms with Gasteiger partial charge in [-0.1, -0.05) is 26.2 Å². The smallest absolute Gasteiger partial charge is 0.233 e. The molecule has 1 unspecified atom stereocenters. The van der Waals surface area contributed by atoms with Crippen LogP contribution < -0.4 is 11.1 Å². The summed E-state index contributed by atoms with van der Waals surface area (Å²) in [4.78, 5) is 12.1. The highest BCUT2D eigenvalue weighted by Gasteiger charge is 2.34. The molecule has 0 aromatic rings. The van der Waals surface area contributed by atoms with Crippen LogP contribution >= 0.6 is 11.8 Å². The summed E-state index contributed by atoms with van der Waals surface area (Å²) < 4.78 is 0. The van der Waals surface area contributed by atoms with E-state index in [9.17, 15) is 4.79 Å². The number of amides is 1. The summed E-state index contributed by atoms with van der Waals surface area (Å²) in [6.07, 6.45) is 6.84. The van der Waals surface area contributed by atoms with Crippen LogP contribution in [0.5, 0.6) is 0 Å².